The van der Waals surface area contributed by atoms with Gasteiger partial charge in [-0.1, -0.05) is 6.07 Å². The van der Waals surface area contributed by atoms with E-state index in [0.29, 0.717) is 0 Å². The van der Waals surface area contributed by atoms with Crippen molar-refractivity contribution >= 4 is 5.91 Å². The Bertz CT molecular complexity index is 425. The first-order valence-electron chi connectivity index (χ1n) is 4.37. The largest absolute Gasteiger partial charge is 0.405 e. The fourth-order valence-electron chi connectivity index (χ4n) is 1.00. The summed E-state index contributed by atoms with van der Waals surface area (Å²) in [6, 6.07) is 4.21. The molecule has 1 rings (SSSR count). The van der Waals surface area contributed by atoms with Crippen LogP contribution in [0.4, 0.5) is 13.2 Å². The Morgan fingerprint density at radius 1 is 1.38 bits per heavy atom. The molecule has 0 saturated heterocycles. The summed E-state index contributed by atoms with van der Waals surface area (Å²) < 4.78 is 36.3. The van der Waals surface area contributed by atoms with Crippen LogP contribution in [0.3, 0.4) is 0 Å². The molecule has 7 heteroatoms. The molecular formula is C9H9F3N2O2. The Morgan fingerprint density at radius 3 is 2.62 bits per heavy atom. The molecule has 0 aliphatic carbocycles. The Labute approximate surface area is 88.7 Å². The molecular weight excluding hydrogens is 225 g/mol. The monoisotopic (exact) mass is 234 g/mol. The van der Waals surface area contributed by atoms with E-state index in [1.54, 1.807) is 5.32 Å². The zero-order valence-electron chi connectivity index (χ0n) is 8.12. The molecule has 0 unspecified atom stereocenters. The predicted molar refractivity (Wildman–Crippen MR) is 49.8 cm³/mol. The van der Waals surface area contributed by atoms with Gasteiger partial charge >= 0.3 is 6.18 Å². The molecule has 1 heterocycles. The number of nitrogens with one attached hydrogen (secondary N) is 1. The van der Waals surface area contributed by atoms with E-state index >= 15 is 0 Å². The predicted octanol–water partition coefficient (Wildman–Crippen LogP) is 0.527. The van der Waals surface area contributed by atoms with E-state index in [4.69, 9.17) is 0 Å². The molecule has 0 aliphatic heterocycles. The van der Waals surface area contributed by atoms with Crippen molar-refractivity contribution in [2.45, 2.75) is 12.7 Å². The molecule has 1 aromatic heterocycles. The zero-order valence-corrected chi connectivity index (χ0v) is 8.12. The summed E-state index contributed by atoms with van der Waals surface area (Å²) in [5.74, 6) is -0.856. The van der Waals surface area contributed by atoms with Crippen molar-refractivity contribution in [2.75, 3.05) is 6.54 Å². The minimum absolute atomic E-state index is 0.421. The second-order valence-corrected chi connectivity index (χ2v) is 3.06. The molecule has 0 saturated carbocycles. The van der Waals surface area contributed by atoms with Crippen molar-refractivity contribution in [1.82, 2.24) is 9.88 Å². The van der Waals surface area contributed by atoms with Gasteiger partial charge in [-0.3, -0.25) is 9.59 Å². The first-order valence-corrected chi connectivity index (χ1v) is 4.37. The number of rotatable bonds is 3. The van der Waals surface area contributed by atoms with E-state index in [0.717, 1.165) is 4.57 Å². The number of aromatic nitrogens is 1. The van der Waals surface area contributed by atoms with Gasteiger partial charge in [-0.25, -0.2) is 0 Å². The quantitative estimate of drug-likeness (QED) is 0.829. The molecule has 0 atom stereocenters. The fourth-order valence-corrected chi connectivity index (χ4v) is 1.00. The minimum atomic E-state index is -4.45. The molecule has 88 valence electrons. The van der Waals surface area contributed by atoms with E-state index in [-0.39, 0.29) is 0 Å². The molecule has 0 aliphatic rings. The molecule has 0 aromatic carbocycles. The summed E-state index contributed by atoms with van der Waals surface area (Å²) in [5.41, 5.74) is -0.440. The van der Waals surface area contributed by atoms with Crippen molar-refractivity contribution in [3.63, 3.8) is 0 Å². The van der Waals surface area contributed by atoms with Crippen molar-refractivity contribution in [2.24, 2.45) is 0 Å². The number of carbonyl (C=O) groups is 1. The highest BCUT2D eigenvalue weighted by Crippen LogP contribution is 2.11. The average molecular weight is 234 g/mol. The minimum Gasteiger partial charge on any atom is -0.345 e. The van der Waals surface area contributed by atoms with Gasteiger partial charge in [-0.15, -0.1) is 0 Å². The number of amides is 1. The van der Waals surface area contributed by atoms with E-state index in [9.17, 15) is 22.8 Å². The Kier molecular flexibility index (Phi) is 3.70. The smallest absolute Gasteiger partial charge is 0.345 e. The molecule has 1 amide bonds. The first kappa shape index (κ1) is 12.3. The van der Waals surface area contributed by atoms with Gasteiger partial charge in [-0.2, -0.15) is 13.2 Å². The van der Waals surface area contributed by atoms with Gasteiger partial charge in [0.15, 0.2) is 0 Å². The van der Waals surface area contributed by atoms with Gasteiger partial charge in [0.05, 0.1) is 0 Å². The van der Waals surface area contributed by atoms with Gasteiger partial charge in [0.2, 0.25) is 5.91 Å². The summed E-state index contributed by atoms with van der Waals surface area (Å²) in [6.45, 7) is -1.82. The molecule has 16 heavy (non-hydrogen) atoms. The van der Waals surface area contributed by atoms with Crippen LogP contribution in [0.5, 0.6) is 0 Å². The Morgan fingerprint density at radius 2 is 2.06 bits per heavy atom. The maximum atomic E-state index is 11.8. The number of nitrogens with zero attached hydrogens (tertiary/aromatic N) is 1. The van der Waals surface area contributed by atoms with E-state index < -0.39 is 30.7 Å². The standard InChI is InChI=1S/C9H9F3N2O2/c10-9(11,12)6-13-7(15)5-14-4-2-1-3-8(14)16/h1-4H,5-6H2,(H,13,15). The van der Waals surface area contributed by atoms with Gasteiger partial charge in [0.25, 0.3) is 5.56 Å². The Balaban J connectivity index is 2.53. The highest BCUT2D eigenvalue weighted by molar-refractivity contribution is 5.75. The summed E-state index contributed by atoms with van der Waals surface area (Å²) >= 11 is 0. The van der Waals surface area contributed by atoms with Crippen LogP contribution in [0.2, 0.25) is 0 Å². The number of hydrogen-bond acceptors (Lipinski definition) is 2. The van der Waals surface area contributed by atoms with E-state index in [1.807, 2.05) is 0 Å². The normalized spacial score (nSPS) is 11.2. The average Bonchev–Trinajstić information content (AvgIpc) is 2.18. The molecule has 0 bridgehead atoms. The highest BCUT2D eigenvalue weighted by atomic mass is 19.4. The SMILES string of the molecule is O=C(Cn1ccccc1=O)NCC(F)(F)F. The Hall–Kier alpha value is -1.79. The van der Waals surface area contributed by atoms with Gasteiger partial charge in [0.1, 0.15) is 13.1 Å². The highest BCUT2D eigenvalue weighted by Gasteiger charge is 2.27. The van der Waals surface area contributed by atoms with Gasteiger partial charge < -0.3 is 9.88 Å². The van der Waals surface area contributed by atoms with Crippen molar-refractivity contribution in [3.05, 3.63) is 34.7 Å². The third kappa shape index (κ3) is 4.16. The molecule has 1 N–H and O–H groups in total. The molecule has 0 radical (unpaired) electrons. The second-order valence-electron chi connectivity index (χ2n) is 3.06. The lowest BCUT2D eigenvalue weighted by Crippen LogP contribution is -2.37. The maximum Gasteiger partial charge on any atom is 0.405 e. The fraction of sp³-hybridized carbons (Fsp3) is 0.333. The van der Waals surface area contributed by atoms with Crippen molar-refractivity contribution in [3.8, 4) is 0 Å². The van der Waals surface area contributed by atoms with Crippen molar-refractivity contribution in [1.29, 1.82) is 0 Å². The molecule has 4 nitrogen and oxygen atoms in total. The summed E-state index contributed by atoms with van der Waals surface area (Å²) in [6.07, 6.45) is -3.12. The van der Waals surface area contributed by atoms with Crippen LogP contribution in [0.25, 0.3) is 0 Å². The number of alkyl halides is 3. The van der Waals surface area contributed by atoms with Crippen molar-refractivity contribution < 1.29 is 18.0 Å². The van der Waals surface area contributed by atoms with Crippen LogP contribution in [0, 0.1) is 0 Å². The van der Waals surface area contributed by atoms with Gasteiger partial charge in [-0.05, 0) is 6.07 Å². The second kappa shape index (κ2) is 4.82. The van der Waals surface area contributed by atoms with Crippen LogP contribution in [-0.2, 0) is 11.3 Å². The maximum absolute atomic E-state index is 11.8. The lowest BCUT2D eigenvalue weighted by atomic mass is 10.4. The third-order valence-corrected chi connectivity index (χ3v) is 1.70. The van der Waals surface area contributed by atoms with Crippen LogP contribution < -0.4 is 10.9 Å². The number of hydrogen-bond donors (Lipinski definition) is 1. The lowest BCUT2D eigenvalue weighted by Gasteiger charge is -2.09. The third-order valence-electron chi connectivity index (χ3n) is 1.70. The summed E-state index contributed by atoms with van der Waals surface area (Å²) in [5, 5.41) is 1.67. The summed E-state index contributed by atoms with van der Waals surface area (Å²) in [7, 11) is 0. The molecule has 0 fully saturated rings. The van der Waals surface area contributed by atoms with Crippen LogP contribution in [0.15, 0.2) is 29.2 Å². The molecule has 0 spiro atoms. The van der Waals surface area contributed by atoms with Gasteiger partial charge in [0, 0.05) is 12.3 Å². The van der Waals surface area contributed by atoms with E-state index in [1.165, 1.54) is 24.4 Å². The topological polar surface area (TPSA) is 51.1 Å². The number of halogens is 3. The first-order chi connectivity index (χ1) is 7.38. The van der Waals surface area contributed by atoms with E-state index in [2.05, 4.69) is 0 Å². The molecule has 1 aromatic rings. The van der Waals surface area contributed by atoms with Crippen LogP contribution in [0.1, 0.15) is 0 Å². The number of carbonyl (C=O) groups excluding carboxylic acids is 1. The lowest BCUT2D eigenvalue weighted by molar-refractivity contribution is -0.138. The number of pyridine rings is 1. The zero-order chi connectivity index (χ0) is 12.2. The van der Waals surface area contributed by atoms with Crippen LogP contribution >= 0.6 is 0 Å². The van der Waals surface area contributed by atoms with Crippen LogP contribution in [-0.4, -0.2) is 23.2 Å². The summed E-state index contributed by atoms with van der Waals surface area (Å²) in [4.78, 5) is 22.2.